The Bertz CT molecular complexity index is 969. The van der Waals surface area contributed by atoms with Crippen molar-refractivity contribution in [2.45, 2.75) is 51.7 Å². The third-order valence-electron chi connectivity index (χ3n) is 4.98. The number of halogens is 1. The largest absolute Gasteiger partial charge is 0.444 e. The van der Waals surface area contributed by atoms with Gasteiger partial charge in [-0.25, -0.2) is 4.79 Å². The average molecular weight is 443 g/mol. The zero-order chi connectivity index (χ0) is 22.6. The minimum Gasteiger partial charge on any atom is -0.444 e. The first-order valence-corrected chi connectivity index (χ1v) is 10.7. The predicted octanol–water partition coefficient (Wildman–Crippen LogP) is 5.10. The fraction of sp³-hybridized carbons (Fsp3) is 0.375. The van der Waals surface area contributed by atoms with Crippen LogP contribution in [0.2, 0.25) is 5.02 Å². The van der Waals surface area contributed by atoms with Gasteiger partial charge in [0.05, 0.1) is 16.6 Å². The van der Waals surface area contributed by atoms with Crippen molar-refractivity contribution in [1.29, 1.82) is 0 Å². The van der Waals surface area contributed by atoms with Crippen LogP contribution in [-0.2, 0) is 16.0 Å². The predicted molar refractivity (Wildman–Crippen MR) is 121 cm³/mol. The highest BCUT2D eigenvalue weighted by Gasteiger charge is 2.36. The lowest BCUT2D eigenvalue weighted by atomic mass is 9.97. The van der Waals surface area contributed by atoms with Gasteiger partial charge in [0.1, 0.15) is 5.60 Å². The Morgan fingerprint density at radius 3 is 2.48 bits per heavy atom. The van der Waals surface area contributed by atoms with Crippen molar-refractivity contribution in [3.05, 3.63) is 64.7 Å². The first-order valence-electron chi connectivity index (χ1n) is 10.3. The summed E-state index contributed by atoms with van der Waals surface area (Å²) in [5.74, 6) is -0.519. The quantitative estimate of drug-likeness (QED) is 0.698. The lowest BCUT2D eigenvalue weighted by Gasteiger charge is -2.28. The Balaban J connectivity index is 1.78. The zero-order valence-electron chi connectivity index (χ0n) is 18.0. The SMILES string of the molecule is CC(C)(C)OC(=O)N1CCC[C@H]1C(=O)Cc1cccc(Cl)c1C(=O)Nc1ccccc1. The number of ketones is 1. The molecule has 0 bridgehead atoms. The summed E-state index contributed by atoms with van der Waals surface area (Å²) in [7, 11) is 0. The second-order valence-corrected chi connectivity index (χ2v) is 8.98. The smallest absolute Gasteiger partial charge is 0.410 e. The molecule has 1 aliphatic heterocycles. The lowest BCUT2D eigenvalue weighted by molar-refractivity contribution is -0.122. The second kappa shape index (κ2) is 9.52. The zero-order valence-corrected chi connectivity index (χ0v) is 18.7. The summed E-state index contributed by atoms with van der Waals surface area (Å²) in [5, 5.41) is 3.09. The number of nitrogens with zero attached hydrogens (tertiary/aromatic N) is 1. The molecule has 2 amide bonds. The number of rotatable bonds is 5. The van der Waals surface area contributed by atoms with E-state index in [0.29, 0.717) is 24.2 Å². The highest BCUT2D eigenvalue weighted by molar-refractivity contribution is 6.34. The maximum Gasteiger partial charge on any atom is 0.410 e. The highest BCUT2D eigenvalue weighted by Crippen LogP contribution is 2.26. The Hall–Kier alpha value is -2.86. The van der Waals surface area contributed by atoms with Gasteiger partial charge in [0.25, 0.3) is 5.91 Å². The number of benzene rings is 2. The number of anilines is 1. The van der Waals surface area contributed by atoms with E-state index in [2.05, 4.69) is 5.32 Å². The minimum absolute atomic E-state index is 0.00205. The third kappa shape index (κ3) is 5.85. The van der Waals surface area contributed by atoms with Gasteiger partial charge in [0, 0.05) is 18.7 Å². The summed E-state index contributed by atoms with van der Waals surface area (Å²) in [4.78, 5) is 40.0. The van der Waals surface area contributed by atoms with E-state index in [1.807, 2.05) is 18.2 Å². The molecule has 1 heterocycles. The van der Waals surface area contributed by atoms with Crippen LogP contribution in [0.3, 0.4) is 0 Å². The molecule has 164 valence electrons. The molecule has 1 fully saturated rings. The number of hydrogen-bond donors (Lipinski definition) is 1. The molecule has 7 heteroatoms. The van der Waals surface area contributed by atoms with Gasteiger partial charge in [0.15, 0.2) is 5.78 Å². The maximum absolute atomic E-state index is 13.1. The Labute approximate surface area is 187 Å². The van der Waals surface area contributed by atoms with Crippen molar-refractivity contribution in [3.63, 3.8) is 0 Å². The summed E-state index contributed by atoms with van der Waals surface area (Å²) in [5.41, 5.74) is 0.796. The fourth-order valence-electron chi connectivity index (χ4n) is 3.63. The number of amides is 2. The topological polar surface area (TPSA) is 75.7 Å². The molecule has 1 atom stereocenters. The molecule has 0 saturated carbocycles. The van der Waals surface area contributed by atoms with Gasteiger partial charge in [-0.05, 0) is 57.4 Å². The van der Waals surface area contributed by atoms with Gasteiger partial charge in [-0.15, -0.1) is 0 Å². The van der Waals surface area contributed by atoms with E-state index >= 15 is 0 Å². The van der Waals surface area contributed by atoms with E-state index in [0.717, 1.165) is 6.42 Å². The van der Waals surface area contributed by atoms with Gasteiger partial charge in [-0.1, -0.05) is 41.9 Å². The molecule has 0 aromatic heterocycles. The van der Waals surface area contributed by atoms with Gasteiger partial charge < -0.3 is 10.1 Å². The summed E-state index contributed by atoms with van der Waals surface area (Å²) in [6.45, 7) is 5.85. The minimum atomic E-state index is -0.636. The highest BCUT2D eigenvalue weighted by atomic mass is 35.5. The number of likely N-dealkylation sites (tertiary alicyclic amines) is 1. The van der Waals surface area contributed by atoms with Crippen molar-refractivity contribution in [3.8, 4) is 0 Å². The average Bonchev–Trinajstić information content (AvgIpc) is 3.18. The van der Waals surface area contributed by atoms with E-state index in [4.69, 9.17) is 16.3 Å². The normalized spacial score (nSPS) is 16.1. The van der Waals surface area contributed by atoms with Crippen LogP contribution < -0.4 is 5.32 Å². The van der Waals surface area contributed by atoms with Crippen LogP contribution in [0.4, 0.5) is 10.5 Å². The number of ether oxygens (including phenoxy) is 1. The van der Waals surface area contributed by atoms with Crippen molar-refractivity contribution in [1.82, 2.24) is 4.90 Å². The van der Waals surface area contributed by atoms with Gasteiger partial charge in [0.2, 0.25) is 0 Å². The fourth-order valence-corrected chi connectivity index (χ4v) is 3.91. The number of Topliss-reactive ketones (excluding diaryl/α,β-unsaturated/α-hetero) is 1. The van der Waals surface area contributed by atoms with Crippen molar-refractivity contribution in [2.75, 3.05) is 11.9 Å². The maximum atomic E-state index is 13.1. The lowest BCUT2D eigenvalue weighted by Crippen LogP contribution is -2.44. The molecule has 2 aromatic carbocycles. The van der Waals surface area contributed by atoms with Crippen molar-refractivity contribution in [2.24, 2.45) is 0 Å². The number of para-hydroxylation sites is 1. The molecule has 0 aliphatic carbocycles. The van der Waals surface area contributed by atoms with Crippen LogP contribution in [0.25, 0.3) is 0 Å². The van der Waals surface area contributed by atoms with E-state index in [9.17, 15) is 14.4 Å². The van der Waals surface area contributed by atoms with Crippen LogP contribution in [0.1, 0.15) is 49.5 Å². The van der Waals surface area contributed by atoms with Crippen molar-refractivity contribution >= 4 is 35.1 Å². The monoisotopic (exact) mass is 442 g/mol. The van der Waals surface area contributed by atoms with Crippen LogP contribution >= 0.6 is 11.6 Å². The van der Waals surface area contributed by atoms with Crippen LogP contribution in [0.5, 0.6) is 0 Å². The number of hydrogen-bond acceptors (Lipinski definition) is 4. The molecule has 2 aromatic rings. The van der Waals surface area contributed by atoms with Gasteiger partial charge >= 0.3 is 6.09 Å². The van der Waals surface area contributed by atoms with Crippen LogP contribution in [0.15, 0.2) is 48.5 Å². The molecular weight excluding hydrogens is 416 g/mol. The van der Waals surface area contributed by atoms with E-state index in [1.165, 1.54) is 4.90 Å². The molecule has 0 radical (unpaired) electrons. The van der Waals surface area contributed by atoms with E-state index in [1.54, 1.807) is 51.1 Å². The Morgan fingerprint density at radius 1 is 1.10 bits per heavy atom. The standard InChI is InChI=1S/C24H27ClN2O4/c1-24(2,3)31-23(30)27-14-8-13-19(27)20(28)15-16-9-7-12-18(25)21(16)22(29)26-17-10-5-4-6-11-17/h4-7,9-12,19H,8,13-15H2,1-3H3,(H,26,29)/t19-/m0/s1. The van der Waals surface area contributed by atoms with Crippen LogP contribution in [0, 0.1) is 0 Å². The van der Waals surface area contributed by atoms with Gasteiger partial charge in [-0.3, -0.25) is 14.5 Å². The summed E-state index contributed by atoms with van der Waals surface area (Å²) in [6, 6.07) is 13.5. The molecular formula is C24H27ClN2O4. The van der Waals surface area contributed by atoms with E-state index in [-0.39, 0.29) is 28.7 Å². The summed E-state index contributed by atoms with van der Waals surface area (Å²) < 4.78 is 5.45. The summed E-state index contributed by atoms with van der Waals surface area (Å²) >= 11 is 6.33. The first-order chi connectivity index (χ1) is 14.7. The first kappa shape index (κ1) is 22.8. The van der Waals surface area contributed by atoms with Crippen molar-refractivity contribution < 1.29 is 19.1 Å². The summed E-state index contributed by atoms with van der Waals surface area (Å²) in [6.07, 6.45) is 0.815. The number of carbonyl (C=O) groups excluding carboxylic acids is 3. The second-order valence-electron chi connectivity index (χ2n) is 8.57. The Kier molecular flexibility index (Phi) is 7.01. The Morgan fingerprint density at radius 2 is 1.81 bits per heavy atom. The molecule has 3 rings (SSSR count). The number of nitrogens with one attached hydrogen (secondary N) is 1. The molecule has 6 nitrogen and oxygen atoms in total. The third-order valence-corrected chi connectivity index (χ3v) is 5.29. The molecule has 1 saturated heterocycles. The number of carbonyl (C=O) groups is 3. The molecule has 31 heavy (non-hydrogen) atoms. The molecule has 1 N–H and O–H groups in total. The van der Waals surface area contributed by atoms with E-state index < -0.39 is 17.7 Å². The van der Waals surface area contributed by atoms with Gasteiger partial charge in [-0.2, -0.15) is 0 Å². The molecule has 0 spiro atoms. The van der Waals surface area contributed by atoms with Crippen LogP contribution in [-0.4, -0.2) is 40.9 Å². The molecule has 1 aliphatic rings. The molecule has 0 unspecified atom stereocenters.